The van der Waals surface area contributed by atoms with Crippen LogP contribution in [0.5, 0.6) is 0 Å². The molecule has 0 saturated carbocycles. The van der Waals surface area contributed by atoms with Crippen LogP contribution in [0.4, 0.5) is 0 Å². The fourth-order valence-electron chi connectivity index (χ4n) is 4.00. The van der Waals surface area contributed by atoms with Gasteiger partial charge >= 0.3 is 0 Å². The minimum atomic E-state index is -3.74. The molecule has 1 saturated heterocycles. The Labute approximate surface area is 131 Å². The van der Waals surface area contributed by atoms with Gasteiger partial charge in [0.1, 0.15) is 4.90 Å². The predicted octanol–water partition coefficient (Wildman–Crippen LogP) is 2.14. The number of piperidine rings is 1. The number of hydrogen-bond donors (Lipinski definition) is 1. The van der Waals surface area contributed by atoms with E-state index < -0.39 is 15.9 Å². The molecule has 1 fully saturated rings. The lowest BCUT2D eigenvalue weighted by molar-refractivity contribution is 0.0691. The zero-order chi connectivity index (χ0) is 16.3. The highest BCUT2D eigenvalue weighted by molar-refractivity contribution is 7.90. The van der Waals surface area contributed by atoms with E-state index in [4.69, 9.17) is 0 Å². The molecule has 0 unspecified atom stereocenters. The molecule has 3 rings (SSSR count). The molecule has 0 spiro atoms. The summed E-state index contributed by atoms with van der Waals surface area (Å²) in [6, 6.07) is 6.14. The average molecular weight is 322 g/mol. The monoisotopic (exact) mass is 322 g/mol. The first kappa shape index (κ1) is 15.5. The second kappa shape index (κ2) is 4.55. The molecular formula is C16H22N2O3S. The zero-order valence-electron chi connectivity index (χ0n) is 13.4. The molecule has 1 aromatic rings. The van der Waals surface area contributed by atoms with Gasteiger partial charge in [0.25, 0.3) is 15.9 Å². The lowest BCUT2D eigenvalue weighted by Gasteiger charge is -2.48. The van der Waals surface area contributed by atoms with E-state index in [0.717, 1.165) is 4.31 Å². The van der Waals surface area contributed by atoms with Gasteiger partial charge in [-0.2, -0.15) is 0 Å². The van der Waals surface area contributed by atoms with E-state index in [2.05, 4.69) is 5.32 Å². The third kappa shape index (κ3) is 2.34. The number of rotatable bonds is 1. The molecule has 0 aromatic heterocycles. The van der Waals surface area contributed by atoms with Gasteiger partial charge in [-0.15, -0.1) is 0 Å². The van der Waals surface area contributed by atoms with E-state index in [1.54, 1.807) is 18.2 Å². The highest BCUT2D eigenvalue weighted by Gasteiger charge is 2.49. The van der Waals surface area contributed by atoms with Crippen LogP contribution in [-0.4, -0.2) is 35.7 Å². The van der Waals surface area contributed by atoms with Gasteiger partial charge in [-0.3, -0.25) is 4.79 Å². The first-order chi connectivity index (χ1) is 10.0. The van der Waals surface area contributed by atoms with Crippen LogP contribution in [0, 0.1) is 0 Å². The Hall–Kier alpha value is -1.40. The summed E-state index contributed by atoms with van der Waals surface area (Å²) in [5.74, 6) is -0.394. The van der Waals surface area contributed by atoms with Crippen molar-refractivity contribution in [2.75, 3.05) is 0 Å². The van der Waals surface area contributed by atoms with Crippen molar-refractivity contribution in [3.05, 3.63) is 29.8 Å². The lowest BCUT2D eigenvalue weighted by Crippen LogP contribution is -2.62. The minimum Gasteiger partial charge on any atom is -0.307 e. The van der Waals surface area contributed by atoms with Crippen LogP contribution >= 0.6 is 0 Å². The van der Waals surface area contributed by atoms with Crippen LogP contribution in [-0.2, 0) is 10.0 Å². The number of nitrogens with one attached hydrogen (secondary N) is 1. The topological polar surface area (TPSA) is 66.5 Å². The van der Waals surface area contributed by atoms with Crippen LogP contribution in [0.15, 0.2) is 29.2 Å². The van der Waals surface area contributed by atoms with Gasteiger partial charge in [-0.25, -0.2) is 12.7 Å². The first-order valence-electron chi connectivity index (χ1n) is 7.51. The van der Waals surface area contributed by atoms with Gasteiger partial charge in [-0.05, 0) is 52.7 Å². The Balaban J connectivity index is 2.05. The Morgan fingerprint density at radius 2 is 1.64 bits per heavy atom. The van der Waals surface area contributed by atoms with Crippen LogP contribution < -0.4 is 5.32 Å². The molecule has 2 aliphatic heterocycles. The Morgan fingerprint density at radius 1 is 1.09 bits per heavy atom. The van der Waals surface area contributed by atoms with Crippen molar-refractivity contribution in [2.45, 2.75) is 62.6 Å². The predicted molar refractivity (Wildman–Crippen MR) is 84.1 cm³/mol. The highest BCUT2D eigenvalue weighted by Crippen LogP contribution is 2.39. The first-order valence-corrected chi connectivity index (χ1v) is 8.95. The Morgan fingerprint density at radius 3 is 2.18 bits per heavy atom. The van der Waals surface area contributed by atoms with Crippen molar-refractivity contribution in [3.63, 3.8) is 0 Å². The molecule has 0 bridgehead atoms. The third-order valence-corrected chi connectivity index (χ3v) is 6.25. The summed E-state index contributed by atoms with van der Waals surface area (Å²) in [6.07, 6.45) is 1.21. The van der Waals surface area contributed by atoms with Gasteiger partial charge in [0.15, 0.2) is 0 Å². The molecule has 2 aliphatic rings. The molecule has 5 nitrogen and oxygen atoms in total. The van der Waals surface area contributed by atoms with Gasteiger partial charge in [0, 0.05) is 11.1 Å². The van der Waals surface area contributed by atoms with Crippen molar-refractivity contribution < 1.29 is 13.2 Å². The van der Waals surface area contributed by atoms with Crippen LogP contribution in [0.2, 0.25) is 0 Å². The SMILES string of the molecule is CC1(C)CC(N2C(=O)c3ccccc3S2(=O)=O)CC(C)(C)N1. The van der Waals surface area contributed by atoms with Crippen molar-refractivity contribution in [3.8, 4) is 0 Å². The molecule has 6 heteroatoms. The van der Waals surface area contributed by atoms with Gasteiger partial charge in [0.05, 0.1) is 11.6 Å². The lowest BCUT2D eigenvalue weighted by atomic mass is 9.79. The molecule has 0 aliphatic carbocycles. The second-order valence-electron chi connectivity index (χ2n) is 7.56. The van der Waals surface area contributed by atoms with Gasteiger partial charge < -0.3 is 5.32 Å². The third-order valence-electron chi connectivity index (χ3n) is 4.35. The summed E-state index contributed by atoms with van der Waals surface area (Å²) in [6.45, 7) is 8.17. The number of nitrogens with zero attached hydrogens (tertiary/aromatic N) is 1. The summed E-state index contributed by atoms with van der Waals surface area (Å²) in [4.78, 5) is 12.8. The molecule has 2 heterocycles. The van der Waals surface area contributed by atoms with Crippen LogP contribution in [0.25, 0.3) is 0 Å². The van der Waals surface area contributed by atoms with E-state index in [1.807, 2.05) is 27.7 Å². The number of hydrogen-bond acceptors (Lipinski definition) is 4. The molecule has 22 heavy (non-hydrogen) atoms. The fraction of sp³-hybridized carbons (Fsp3) is 0.562. The van der Waals surface area contributed by atoms with Gasteiger partial charge in [0.2, 0.25) is 0 Å². The van der Waals surface area contributed by atoms with E-state index in [9.17, 15) is 13.2 Å². The second-order valence-corrected chi connectivity index (χ2v) is 9.34. The smallest absolute Gasteiger partial charge is 0.269 e. The van der Waals surface area contributed by atoms with Crippen LogP contribution in [0.3, 0.4) is 0 Å². The summed E-state index contributed by atoms with van der Waals surface area (Å²) in [5, 5.41) is 3.52. The van der Waals surface area contributed by atoms with Crippen molar-refractivity contribution in [1.82, 2.24) is 9.62 Å². The van der Waals surface area contributed by atoms with Crippen LogP contribution in [0.1, 0.15) is 50.9 Å². The minimum absolute atomic E-state index is 0.133. The van der Waals surface area contributed by atoms with E-state index in [0.29, 0.717) is 12.8 Å². The normalized spacial score (nSPS) is 26.0. The number of benzene rings is 1. The van der Waals surface area contributed by atoms with E-state index in [-0.39, 0.29) is 27.6 Å². The summed E-state index contributed by atoms with van der Waals surface area (Å²) >= 11 is 0. The number of fused-ring (bicyclic) bond motifs is 1. The number of carbonyl (C=O) groups excluding carboxylic acids is 1. The standard InChI is InChI=1S/C16H22N2O3S/c1-15(2)9-11(10-16(3,4)17-15)18-14(19)12-7-5-6-8-13(12)22(18,20)21/h5-8,11,17H,9-10H2,1-4H3. The zero-order valence-corrected chi connectivity index (χ0v) is 14.2. The number of amides is 1. The molecule has 1 amide bonds. The maximum atomic E-state index is 12.8. The largest absolute Gasteiger partial charge is 0.307 e. The molecule has 0 atom stereocenters. The number of carbonyl (C=O) groups is 1. The van der Waals surface area contributed by atoms with E-state index >= 15 is 0 Å². The Bertz CT molecular complexity index is 722. The maximum Gasteiger partial charge on any atom is 0.269 e. The number of sulfonamides is 1. The van der Waals surface area contributed by atoms with Gasteiger partial charge in [-0.1, -0.05) is 12.1 Å². The fourth-order valence-corrected chi connectivity index (χ4v) is 5.75. The average Bonchev–Trinajstić information content (AvgIpc) is 2.54. The van der Waals surface area contributed by atoms with Crippen molar-refractivity contribution in [1.29, 1.82) is 0 Å². The highest BCUT2D eigenvalue weighted by atomic mass is 32.2. The molecule has 120 valence electrons. The maximum absolute atomic E-state index is 12.8. The van der Waals surface area contributed by atoms with Crippen molar-refractivity contribution in [2.24, 2.45) is 0 Å². The molecule has 1 N–H and O–H groups in total. The molecule has 1 aromatic carbocycles. The van der Waals surface area contributed by atoms with Crippen molar-refractivity contribution >= 4 is 15.9 Å². The summed E-state index contributed by atoms with van der Waals surface area (Å²) in [5.41, 5.74) is -0.162. The summed E-state index contributed by atoms with van der Waals surface area (Å²) in [7, 11) is -3.74. The molecule has 0 radical (unpaired) electrons. The van der Waals surface area contributed by atoms with E-state index in [1.165, 1.54) is 6.07 Å². The quantitative estimate of drug-likeness (QED) is 0.860. The Kier molecular flexibility index (Phi) is 3.21. The molecular weight excluding hydrogens is 300 g/mol. The summed E-state index contributed by atoms with van der Waals surface area (Å²) < 4.78 is 26.7.